The van der Waals surface area contributed by atoms with Gasteiger partial charge < -0.3 is 9.47 Å². The van der Waals surface area contributed by atoms with E-state index in [0.717, 1.165) is 5.56 Å². The van der Waals surface area contributed by atoms with Gasteiger partial charge >= 0.3 is 0 Å². The number of hydrogen-bond acceptors (Lipinski definition) is 6. The van der Waals surface area contributed by atoms with Crippen LogP contribution >= 0.6 is 0 Å². The summed E-state index contributed by atoms with van der Waals surface area (Å²) in [7, 11) is -5.99. The second-order valence-electron chi connectivity index (χ2n) is 7.55. The lowest BCUT2D eigenvalue weighted by atomic mass is 10.0. The van der Waals surface area contributed by atoms with Gasteiger partial charge in [0.2, 0.25) is 20.0 Å². The lowest BCUT2D eigenvalue weighted by molar-refractivity contribution is 0.0730. The van der Waals surface area contributed by atoms with Gasteiger partial charge in [0.25, 0.3) is 0 Å². The first-order chi connectivity index (χ1) is 14.6. The molecule has 1 aliphatic heterocycles. The fourth-order valence-electron chi connectivity index (χ4n) is 3.23. The van der Waals surface area contributed by atoms with Gasteiger partial charge in [0.05, 0.1) is 25.2 Å². The smallest absolute Gasteiger partial charge is 0.244 e. The standard InChI is InChI=1S/C21H28N2O6S2/c1-16(2)18-6-9-20(28-3)21(14-18)30(24,25)22-15-17-4-7-19(8-5-17)31(26,27)23-10-12-29-13-11-23/h4-9,14,16,22H,10-13,15H2,1-3H3. The van der Waals surface area contributed by atoms with E-state index in [4.69, 9.17) is 9.47 Å². The molecule has 2 aromatic carbocycles. The first kappa shape index (κ1) is 23.7. The first-order valence-corrected chi connectivity index (χ1v) is 12.9. The lowest BCUT2D eigenvalue weighted by Crippen LogP contribution is -2.40. The Bertz CT molecular complexity index is 1110. The first-order valence-electron chi connectivity index (χ1n) is 9.99. The van der Waals surface area contributed by atoms with Gasteiger partial charge in [-0.15, -0.1) is 0 Å². The number of nitrogens with one attached hydrogen (secondary N) is 1. The number of sulfonamides is 2. The van der Waals surface area contributed by atoms with Crippen LogP contribution in [0.25, 0.3) is 0 Å². The highest BCUT2D eigenvalue weighted by Gasteiger charge is 2.26. The van der Waals surface area contributed by atoms with E-state index in [2.05, 4.69) is 4.72 Å². The Morgan fingerprint density at radius 3 is 2.26 bits per heavy atom. The van der Waals surface area contributed by atoms with Crippen LogP contribution in [0.15, 0.2) is 52.3 Å². The molecule has 0 amide bonds. The molecule has 1 aliphatic rings. The third kappa shape index (κ3) is 5.45. The minimum absolute atomic E-state index is 0.0231. The Morgan fingerprint density at radius 2 is 1.68 bits per heavy atom. The van der Waals surface area contributed by atoms with Crippen LogP contribution in [0, 0.1) is 0 Å². The summed E-state index contributed by atoms with van der Waals surface area (Å²) in [6.45, 7) is 5.38. The van der Waals surface area contributed by atoms with E-state index in [1.165, 1.54) is 23.5 Å². The van der Waals surface area contributed by atoms with Crippen molar-refractivity contribution in [3.05, 3.63) is 53.6 Å². The van der Waals surface area contributed by atoms with Gasteiger partial charge in [-0.2, -0.15) is 4.31 Å². The van der Waals surface area contributed by atoms with Crippen LogP contribution in [-0.4, -0.2) is 54.6 Å². The number of hydrogen-bond donors (Lipinski definition) is 1. The summed E-state index contributed by atoms with van der Waals surface area (Å²) in [5, 5.41) is 0. The number of morpholine rings is 1. The highest BCUT2D eigenvalue weighted by molar-refractivity contribution is 7.89. The number of nitrogens with zero attached hydrogens (tertiary/aromatic N) is 1. The summed E-state index contributed by atoms with van der Waals surface area (Å²) in [4.78, 5) is 0.250. The Labute approximate surface area is 184 Å². The van der Waals surface area contributed by atoms with E-state index < -0.39 is 20.0 Å². The second kappa shape index (κ2) is 9.66. The molecule has 0 aliphatic carbocycles. The zero-order valence-corrected chi connectivity index (χ0v) is 19.5. The molecule has 0 spiro atoms. The fraction of sp³-hybridized carbons (Fsp3) is 0.429. The lowest BCUT2D eigenvalue weighted by Gasteiger charge is -2.26. The Kier molecular flexibility index (Phi) is 7.38. The molecule has 3 rings (SSSR count). The zero-order valence-electron chi connectivity index (χ0n) is 17.9. The van der Waals surface area contributed by atoms with Crippen molar-refractivity contribution in [1.82, 2.24) is 9.03 Å². The van der Waals surface area contributed by atoms with E-state index >= 15 is 0 Å². The van der Waals surface area contributed by atoms with Crippen LogP contribution < -0.4 is 9.46 Å². The minimum Gasteiger partial charge on any atom is -0.495 e. The number of benzene rings is 2. The normalized spacial score (nSPS) is 15.9. The maximum absolute atomic E-state index is 12.9. The van der Waals surface area contributed by atoms with Gasteiger partial charge in [-0.1, -0.05) is 32.0 Å². The summed E-state index contributed by atoms with van der Waals surface area (Å²) >= 11 is 0. The van der Waals surface area contributed by atoms with Gasteiger partial charge in [-0.3, -0.25) is 0 Å². The van der Waals surface area contributed by atoms with E-state index in [0.29, 0.717) is 31.9 Å². The summed E-state index contributed by atoms with van der Waals surface area (Å²) in [5.41, 5.74) is 1.53. The molecule has 1 heterocycles. The summed E-state index contributed by atoms with van der Waals surface area (Å²) in [6, 6.07) is 11.3. The SMILES string of the molecule is COc1ccc(C(C)C)cc1S(=O)(=O)NCc1ccc(S(=O)(=O)N2CCOCC2)cc1. The van der Waals surface area contributed by atoms with Crippen molar-refractivity contribution >= 4 is 20.0 Å². The van der Waals surface area contributed by atoms with Gasteiger partial charge in [-0.25, -0.2) is 21.6 Å². The second-order valence-corrected chi connectivity index (χ2v) is 11.2. The van der Waals surface area contributed by atoms with Crippen molar-refractivity contribution in [2.24, 2.45) is 0 Å². The molecule has 0 atom stereocenters. The van der Waals surface area contributed by atoms with Crippen molar-refractivity contribution in [3.63, 3.8) is 0 Å². The molecule has 0 radical (unpaired) electrons. The zero-order chi connectivity index (χ0) is 22.6. The molecular formula is C21H28N2O6S2. The molecular weight excluding hydrogens is 440 g/mol. The van der Waals surface area contributed by atoms with Crippen LogP contribution in [0.4, 0.5) is 0 Å². The molecule has 170 valence electrons. The topological polar surface area (TPSA) is 102 Å². The van der Waals surface area contributed by atoms with Crippen LogP contribution in [0.3, 0.4) is 0 Å². The van der Waals surface area contributed by atoms with Crippen LogP contribution in [0.1, 0.15) is 30.9 Å². The third-order valence-corrected chi connectivity index (χ3v) is 8.48. The van der Waals surface area contributed by atoms with E-state index in [1.807, 2.05) is 19.9 Å². The molecule has 1 saturated heterocycles. The Balaban J connectivity index is 1.75. The molecule has 1 fully saturated rings. The maximum Gasteiger partial charge on any atom is 0.244 e. The molecule has 10 heteroatoms. The molecule has 0 unspecified atom stereocenters. The number of methoxy groups -OCH3 is 1. The molecule has 0 saturated carbocycles. The summed E-state index contributed by atoms with van der Waals surface area (Å²) < 4.78 is 65.6. The Hall–Kier alpha value is -1.98. The van der Waals surface area contributed by atoms with Gasteiger partial charge in [0.1, 0.15) is 10.6 Å². The quantitative estimate of drug-likeness (QED) is 0.638. The monoisotopic (exact) mass is 468 g/mol. The molecule has 0 aromatic heterocycles. The van der Waals surface area contributed by atoms with Crippen molar-refractivity contribution < 1.29 is 26.3 Å². The Morgan fingerprint density at radius 1 is 1.03 bits per heavy atom. The number of ether oxygens (including phenoxy) is 2. The van der Waals surface area contributed by atoms with Crippen molar-refractivity contribution in [3.8, 4) is 5.75 Å². The van der Waals surface area contributed by atoms with Crippen molar-refractivity contribution in [1.29, 1.82) is 0 Å². The maximum atomic E-state index is 12.9. The minimum atomic E-state index is -3.83. The highest BCUT2D eigenvalue weighted by atomic mass is 32.2. The molecule has 2 aromatic rings. The van der Waals surface area contributed by atoms with Crippen molar-refractivity contribution in [2.75, 3.05) is 33.4 Å². The highest BCUT2D eigenvalue weighted by Crippen LogP contribution is 2.28. The van der Waals surface area contributed by atoms with Gasteiger partial charge in [0, 0.05) is 19.6 Å². The molecule has 0 bridgehead atoms. The van der Waals surface area contributed by atoms with E-state index in [-0.39, 0.29) is 28.0 Å². The van der Waals surface area contributed by atoms with E-state index in [1.54, 1.807) is 24.3 Å². The summed E-state index contributed by atoms with van der Waals surface area (Å²) in [5.74, 6) is 0.435. The third-order valence-electron chi connectivity index (χ3n) is 5.14. The van der Waals surface area contributed by atoms with Crippen LogP contribution in [0.2, 0.25) is 0 Å². The van der Waals surface area contributed by atoms with E-state index in [9.17, 15) is 16.8 Å². The predicted octanol–water partition coefficient (Wildman–Crippen LogP) is 2.32. The number of rotatable bonds is 8. The molecule has 1 N–H and O–H groups in total. The summed E-state index contributed by atoms with van der Waals surface area (Å²) in [6.07, 6.45) is 0. The predicted molar refractivity (Wildman–Crippen MR) is 117 cm³/mol. The average molecular weight is 469 g/mol. The van der Waals surface area contributed by atoms with Crippen LogP contribution in [-0.2, 0) is 31.3 Å². The molecule has 31 heavy (non-hydrogen) atoms. The molecule has 8 nitrogen and oxygen atoms in total. The van der Waals surface area contributed by atoms with Gasteiger partial charge in [0.15, 0.2) is 0 Å². The average Bonchev–Trinajstić information content (AvgIpc) is 2.78. The largest absolute Gasteiger partial charge is 0.495 e. The van der Waals surface area contributed by atoms with Crippen LogP contribution in [0.5, 0.6) is 5.75 Å². The fourth-order valence-corrected chi connectivity index (χ4v) is 5.86. The van der Waals surface area contributed by atoms with Gasteiger partial charge in [-0.05, 0) is 41.3 Å². The van der Waals surface area contributed by atoms with Crippen molar-refractivity contribution in [2.45, 2.75) is 36.1 Å².